The molecular formula is C18H24N6O2. The van der Waals surface area contributed by atoms with Gasteiger partial charge in [0.1, 0.15) is 11.3 Å². The number of nitrogen functional groups attached to an aromatic ring is 1. The van der Waals surface area contributed by atoms with Crippen LogP contribution in [0.25, 0.3) is 11.2 Å². The molecule has 0 saturated heterocycles. The summed E-state index contributed by atoms with van der Waals surface area (Å²) in [5, 5.41) is 12.7. The van der Waals surface area contributed by atoms with Crippen LogP contribution in [-0.2, 0) is 13.2 Å². The number of aromatic nitrogens is 4. The highest BCUT2D eigenvalue weighted by Crippen LogP contribution is 2.24. The second-order valence-electron chi connectivity index (χ2n) is 6.06. The van der Waals surface area contributed by atoms with Crippen LogP contribution < -0.4 is 15.8 Å². The van der Waals surface area contributed by atoms with E-state index in [1.165, 1.54) is 0 Å². The number of ether oxygens (including phenoxy) is 1. The number of nitrogens with zero attached hydrogens (tertiary/aromatic N) is 4. The van der Waals surface area contributed by atoms with Crippen molar-refractivity contribution in [3.8, 4) is 5.75 Å². The van der Waals surface area contributed by atoms with Gasteiger partial charge in [0.15, 0.2) is 11.5 Å². The predicted octanol–water partition coefficient (Wildman–Crippen LogP) is 2.17. The third-order valence-electron chi connectivity index (χ3n) is 4.19. The number of methoxy groups -OCH3 is 1. The second kappa shape index (κ2) is 8.01. The molecule has 0 aliphatic rings. The van der Waals surface area contributed by atoms with Gasteiger partial charge in [-0.2, -0.15) is 9.97 Å². The second-order valence-corrected chi connectivity index (χ2v) is 6.06. The molecule has 2 aromatic heterocycles. The summed E-state index contributed by atoms with van der Waals surface area (Å²) in [6.07, 6.45) is 3.86. The van der Waals surface area contributed by atoms with E-state index in [1.54, 1.807) is 13.4 Å². The van der Waals surface area contributed by atoms with Gasteiger partial charge in [0, 0.05) is 18.7 Å². The number of nitrogens with one attached hydrogen (secondary N) is 1. The highest BCUT2D eigenvalue weighted by Gasteiger charge is 2.13. The van der Waals surface area contributed by atoms with E-state index in [2.05, 4.69) is 27.2 Å². The number of nitrogens with two attached hydrogens (primary N) is 1. The van der Waals surface area contributed by atoms with Crippen molar-refractivity contribution in [3.63, 3.8) is 0 Å². The fourth-order valence-electron chi connectivity index (χ4n) is 2.84. The summed E-state index contributed by atoms with van der Waals surface area (Å²) in [5.41, 5.74) is 8.97. The van der Waals surface area contributed by atoms with Crippen LogP contribution in [0.15, 0.2) is 24.5 Å². The number of hydrogen-bond donors (Lipinski definition) is 3. The molecule has 0 aliphatic carbocycles. The molecule has 8 heteroatoms. The molecule has 1 aromatic carbocycles. The van der Waals surface area contributed by atoms with Crippen molar-refractivity contribution in [1.29, 1.82) is 0 Å². The van der Waals surface area contributed by atoms with Crippen molar-refractivity contribution < 1.29 is 9.84 Å². The van der Waals surface area contributed by atoms with Gasteiger partial charge in [-0.15, -0.1) is 0 Å². The molecule has 3 rings (SSSR count). The molecule has 8 nitrogen and oxygen atoms in total. The third-order valence-corrected chi connectivity index (χ3v) is 4.19. The Morgan fingerprint density at radius 1 is 1.31 bits per heavy atom. The zero-order chi connectivity index (χ0) is 18.5. The van der Waals surface area contributed by atoms with Crippen molar-refractivity contribution >= 4 is 22.9 Å². The van der Waals surface area contributed by atoms with Crippen LogP contribution in [0, 0.1) is 0 Å². The van der Waals surface area contributed by atoms with Crippen molar-refractivity contribution in [3.05, 3.63) is 35.7 Å². The lowest BCUT2D eigenvalue weighted by Crippen LogP contribution is -2.09. The summed E-state index contributed by atoms with van der Waals surface area (Å²) in [6, 6.07) is 5.74. The Hall–Kier alpha value is -2.87. The van der Waals surface area contributed by atoms with Crippen LogP contribution >= 0.6 is 0 Å². The van der Waals surface area contributed by atoms with Crippen LogP contribution in [0.5, 0.6) is 5.75 Å². The molecule has 0 aliphatic heterocycles. The smallest absolute Gasteiger partial charge is 0.224 e. The summed E-state index contributed by atoms with van der Waals surface area (Å²) in [5.74, 6) is 1.56. The lowest BCUT2D eigenvalue weighted by atomic mass is 10.1. The Morgan fingerprint density at radius 2 is 2.15 bits per heavy atom. The molecule has 138 valence electrons. The summed E-state index contributed by atoms with van der Waals surface area (Å²) in [7, 11) is 1.59. The molecule has 0 amide bonds. The van der Waals surface area contributed by atoms with Crippen LogP contribution in [0.4, 0.5) is 11.8 Å². The predicted molar refractivity (Wildman–Crippen MR) is 101 cm³/mol. The van der Waals surface area contributed by atoms with Gasteiger partial charge < -0.3 is 25.5 Å². The monoisotopic (exact) mass is 356 g/mol. The molecule has 2 heterocycles. The minimum atomic E-state index is -0.0595. The van der Waals surface area contributed by atoms with Gasteiger partial charge in [0.05, 0.1) is 20.0 Å². The van der Waals surface area contributed by atoms with Crippen molar-refractivity contribution in [2.45, 2.75) is 32.9 Å². The standard InChI is InChI=1S/C18H24N6O2/c1-3-4-7-20-16-15-17(23-18(19)22-16)21-11-24(15)9-12-5-6-13(10-25)14(8-12)26-2/h5-6,8,11,25H,3-4,7,9-10H2,1-2H3,(H3,19,20,22,23). The lowest BCUT2D eigenvalue weighted by molar-refractivity contribution is 0.273. The first kappa shape index (κ1) is 17.9. The van der Waals surface area contributed by atoms with E-state index in [1.807, 2.05) is 22.8 Å². The van der Waals surface area contributed by atoms with E-state index >= 15 is 0 Å². The maximum atomic E-state index is 9.37. The molecule has 26 heavy (non-hydrogen) atoms. The summed E-state index contributed by atoms with van der Waals surface area (Å²) in [4.78, 5) is 12.9. The molecule has 3 aromatic rings. The topological polar surface area (TPSA) is 111 Å². The van der Waals surface area contributed by atoms with E-state index in [9.17, 15) is 5.11 Å². The maximum Gasteiger partial charge on any atom is 0.224 e. The lowest BCUT2D eigenvalue weighted by Gasteiger charge is -2.12. The minimum absolute atomic E-state index is 0.0595. The average Bonchev–Trinajstić information content (AvgIpc) is 3.04. The van der Waals surface area contributed by atoms with Crippen LogP contribution in [0.1, 0.15) is 30.9 Å². The number of benzene rings is 1. The van der Waals surface area contributed by atoms with Gasteiger partial charge in [-0.1, -0.05) is 25.5 Å². The van der Waals surface area contributed by atoms with Gasteiger partial charge in [-0.05, 0) is 18.1 Å². The van der Waals surface area contributed by atoms with Gasteiger partial charge in [0.2, 0.25) is 5.95 Å². The Balaban J connectivity index is 1.95. The van der Waals surface area contributed by atoms with Gasteiger partial charge in [-0.3, -0.25) is 0 Å². The molecular weight excluding hydrogens is 332 g/mol. The van der Waals surface area contributed by atoms with Gasteiger partial charge >= 0.3 is 0 Å². The zero-order valence-electron chi connectivity index (χ0n) is 15.1. The Morgan fingerprint density at radius 3 is 2.88 bits per heavy atom. The number of fused-ring (bicyclic) bond motifs is 1. The molecule has 0 bridgehead atoms. The average molecular weight is 356 g/mol. The van der Waals surface area contributed by atoms with E-state index in [0.29, 0.717) is 23.8 Å². The van der Waals surface area contributed by atoms with E-state index in [0.717, 1.165) is 36.0 Å². The summed E-state index contributed by atoms with van der Waals surface area (Å²) in [6.45, 7) is 3.47. The van der Waals surface area contributed by atoms with E-state index in [4.69, 9.17) is 10.5 Å². The molecule has 4 N–H and O–H groups in total. The molecule has 0 radical (unpaired) electrons. The van der Waals surface area contributed by atoms with Crippen LogP contribution in [0.2, 0.25) is 0 Å². The maximum absolute atomic E-state index is 9.37. The van der Waals surface area contributed by atoms with Gasteiger partial charge in [-0.25, -0.2) is 4.98 Å². The quantitative estimate of drug-likeness (QED) is 0.530. The van der Waals surface area contributed by atoms with Crippen LogP contribution in [-0.4, -0.2) is 38.3 Å². The summed E-state index contributed by atoms with van der Waals surface area (Å²) >= 11 is 0. The molecule has 0 unspecified atom stereocenters. The van der Waals surface area contributed by atoms with Crippen molar-refractivity contribution in [1.82, 2.24) is 19.5 Å². The first-order chi connectivity index (χ1) is 12.7. The molecule has 0 spiro atoms. The number of anilines is 2. The number of rotatable bonds is 8. The highest BCUT2D eigenvalue weighted by atomic mass is 16.5. The molecule has 0 atom stereocenters. The number of imidazole rings is 1. The van der Waals surface area contributed by atoms with Gasteiger partial charge in [0.25, 0.3) is 0 Å². The first-order valence-corrected chi connectivity index (χ1v) is 8.65. The Labute approximate surface area is 152 Å². The fraction of sp³-hybridized carbons (Fsp3) is 0.389. The zero-order valence-corrected chi connectivity index (χ0v) is 15.1. The normalized spacial score (nSPS) is 11.0. The number of hydrogen-bond acceptors (Lipinski definition) is 7. The number of aliphatic hydroxyl groups excluding tert-OH is 1. The first-order valence-electron chi connectivity index (χ1n) is 8.65. The SMILES string of the molecule is CCCCNc1nc(N)nc2ncn(Cc3ccc(CO)c(OC)c3)c12. The van der Waals surface area contributed by atoms with E-state index in [-0.39, 0.29) is 12.6 Å². The Kier molecular flexibility index (Phi) is 5.52. The van der Waals surface area contributed by atoms with E-state index < -0.39 is 0 Å². The minimum Gasteiger partial charge on any atom is -0.496 e. The fourth-order valence-corrected chi connectivity index (χ4v) is 2.84. The van der Waals surface area contributed by atoms with Crippen molar-refractivity contribution in [2.75, 3.05) is 24.7 Å². The van der Waals surface area contributed by atoms with Crippen LogP contribution in [0.3, 0.4) is 0 Å². The Bertz CT molecular complexity index is 893. The van der Waals surface area contributed by atoms with Crippen molar-refractivity contribution in [2.24, 2.45) is 0 Å². The number of unbranched alkanes of at least 4 members (excludes halogenated alkanes) is 1. The molecule has 0 fully saturated rings. The highest BCUT2D eigenvalue weighted by molar-refractivity contribution is 5.84. The number of aliphatic hydroxyl groups is 1. The molecule has 0 saturated carbocycles. The summed E-state index contributed by atoms with van der Waals surface area (Å²) < 4.78 is 7.33. The largest absolute Gasteiger partial charge is 0.496 e. The third kappa shape index (κ3) is 3.70.